The second-order valence-corrected chi connectivity index (χ2v) is 6.29. The average molecular weight is 286 g/mol. The first-order chi connectivity index (χ1) is 9.26. The van der Waals surface area contributed by atoms with Crippen LogP contribution in [0, 0.1) is 0 Å². The number of ether oxygens (including phenoxy) is 1. The minimum Gasteiger partial charge on any atom is -0.480 e. The molecule has 0 aromatic rings. The number of carbonyl (C=O) groups is 2. The highest BCUT2D eigenvalue weighted by Gasteiger charge is 2.22. The highest BCUT2D eigenvalue weighted by Crippen LogP contribution is 2.18. The Bertz CT molecular complexity index is 331. The molecule has 0 bridgehead atoms. The van der Waals surface area contributed by atoms with Gasteiger partial charge in [-0.1, -0.05) is 0 Å². The predicted molar refractivity (Wildman–Crippen MR) is 75.5 cm³/mol. The molecule has 1 aliphatic rings. The lowest BCUT2D eigenvalue weighted by Gasteiger charge is -2.29. The topological polar surface area (TPSA) is 87.7 Å². The fraction of sp³-hybridized carbons (Fsp3) is 0.857. The Morgan fingerprint density at radius 1 is 1.05 bits per heavy atom. The molecule has 6 nitrogen and oxygen atoms in total. The minimum absolute atomic E-state index is 0.0146. The van der Waals surface area contributed by atoms with Gasteiger partial charge in [-0.25, -0.2) is 0 Å². The highest BCUT2D eigenvalue weighted by molar-refractivity contribution is 5.72. The summed E-state index contributed by atoms with van der Waals surface area (Å²) in [5.74, 6) is -1.06. The zero-order chi connectivity index (χ0) is 15.2. The van der Waals surface area contributed by atoms with E-state index in [0.29, 0.717) is 6.04 Å². The van der Waals surface area contributed by atoms with Crippen molar-refractivity contribution in [3.8, 4) is 0 Å². The third-order valence-corrected chi connectivity index (χ3v) is 3.22. The summed E-state index contributed by atoms with van der Waals surface area (Å²) < 4.78 is 5.24. The first-order valence-electron chi connectivity index (χ1n) is 7.16. The van der Waals surface area contributed by atoms with Crippen LogP contribution in [0.5, 0.6) is 0 Å². The van der Waals surface area contributed by atoms with Crippen molar-refractivity contribution < 1.29 is 19.4 Å². The number of esters is 1. The Morgan fingerprint density at radius 3 is 1.90 bits per heavy atom. The van der Waals surface area contributed by atoms with Gasteiger partial charge in [-0.05, 0) is 46.5 Å². The van der Waals surface area contributed by atoms with E-state index in [1.54, 1.807) is 0 Å². The smallest absolute Gasteiger partial charge is 0.320 e. The number of hydrogen-bond donors (Lipinski definition) is 3. The lowest BCUT2D eigenvalue weighted by Crippen LogP contribution is -2.43. The summed E-state index contributed by atoms with van der Waals surface area (Å²) in [6.45, 7) is 5.80. The van der Waals surface area contributed by atoms with Crippen LogP contribution in [0.25, 0.3) is 0 Å². The van der Waals surface area contributed by atoms with Gasteiger partial charge in [-0.3, -0.25) is 9.59 Å². The Morgan fingerprint density at radius 2 is 1.50 bits per heavy atom. The van der Waals surface area contributed by atoms with Crippen LogP contribution in [0.4, 0.5) is 0 Å². The maximum Gasteiger partial charge on any atom is 0.320 e. The second-order valence-electron chi connectivity index (χ2n) is 6.29. The number of rotatable bonds is 6. The molecule has 0 saturated heterocycles. The van der Waals surface area contributed by atoms with Crippen molar-refractivity contribution in [3.05, 3.63) is 0 Å². The zero-order valence-corrected chi connectivity index (χ0v) is 12.6. The largest absolute Gasteiger partial charge is 0.480 e. The summed E-state index contributed by atoms with van der Waals surface area (Å²) in [7, 11) is 0. The summed E-state index contributed by atoms with van der Waals surface area (Å²) in [5.41, 5.74) is -0.447. The van der Waals surface area contributed by atoms with Crippen molar-refractivity contribution in [3.63, 3.8) is 0 Å². The standard InChI is InChI=1S/C14H26N2O4/c1-14(2,3)20-13(19)9-16-11-6-4-10(5-7-11)15-8-12(17)18/h10-11,15-16H,4-9H2,1-3H3,(H,17,18). The van der Waals surface area contributed by atoms with Crippen LogP contribution >= 0.6 is 0 Å². The van der Waals surface area contributed by atoms with Gasteiger partial charge in [-0.15, -0.1) is 0 Å². The molecule has 20 heavy (non-hydrogen) atoms. The van der Waals surface area contributed by atoms with Gasteiger partial charge in [0.2, 0.25) is 0 Å². The van der Waals surface area contributed by atoms with Crippen molar-refractivity contribution >= 4 is 11.9 Å². The zero-order valence-electron chi connectivity index (χ0n) is 12.6. The summed E-state index contributed by atoms with van der Waals surface area (Å²) >= 11 is 0. The molecule has 1 rings (SSSR count). The first kappa shape index (κ1) is 16.9. The Kier molecular flexibility index (Phi) is 6.42. The van der Waals surface area contributed by atoms with Gasteiger partial charge >= 0.3 is 11.9 Å². The van der Waals surface area contributed by atoms with Crippen molar-refractivity contribution in [2.45, 2.75) is 64.1 Å². The molecule has 0 aliphatic heterocycles. The lowest BCUT2D eigenvalue weighted by molar-refractivity contribution is -0.153. The van der Waals surface area contributed by atoms with Crippen LogP contribution in [0.1, 0.15) is 46.5 Å². The monoisotopic (exact) mass is 286 g/mol. The van der Waals surface area contributed by atoms with E-state index in [2.05, 4.69) is 10.6 Å². The van der Waals surface area contributed by atoms with E-state index in [1.165, 1.54) is 0 Å². The van der Waals surface area contributed by atoms with Crippen LogP contribution in [0.3, 0.4) is 0 Å². The Hall–Kier alpha value is -1.14. The molecule has 1 saturated carbocycles. The SMILES string of the molecule is CC(C)(C)OC(=O)CNC1CCC(NCC(=O)O)CC1. The van der Waals surface area contributed by atoms with Gasteiger partial charge < -0.3 is 20.5 Å². The van der Waals surface area contributed by atoms with Crippen molar-refractivity contribution in [1.82, 2.24) is 10.6 Å². The molecule has 0 amide bonds. The molecule has 0 unspecified atom stereocenters. The quantitative estimate of drug-likeness (QED) is 0.629. The summed E-state index contributed by atoms with van der Waals surface area (Å²) in [4.78, 5) is 22.1. The summed E-state index contributed by atoms with van der Waals surface area (Å²) in [6, 6.07) is 0.580. The van der Waals surface area contributed by atoms with Gasteiger partial charge in [0.25, 0.3) is 0 Å². The number of carboxylic acid groups (broad SMARTS) is 1. The maximum absolute atomic E-state index is 11.6. The first-order valence-corrected chi connectivity index (χ1v) is 7.16. The molecule has 0 radical (unpaired) electrons. The van der Waals surface area contributed by atoms with E-state index in [9.17, 15) is 9.59 Å². The molecule has 6 heteroatoms. The molecule has 1 aliphatic carbocycles. The van der Waals surface area contributed by atoms with E-state index in [-0.39, 0.29) is 25.1 Å². The molecule has 0 atom stereocenters. The van der Waals surface area contributed by atoms with Gasteiger partial charge in [0.1, 0.15) is 5.60 Å². The fourth-order valence-electron chi connectivity index (χ4n) is 2.34. The van der Waals surface area contributed by atoms with Crippen molar-refractivity contribution in [1.29, 1.82) is 0 Å². The predicted octanol–water partition coefficient (Wildman–Crippen LogP) is 0.903. The molecule has 0 spiro atoms. The number of carbonyl (C=O) groups excluding carboxylic acids is 1. The van der Waals surface area contributed by atoms with Crippen LogP contribution in [-0.4, -0.2) is 47.8 Å². The van der Waals surface area contributed by atoms with Crippen LogP contribution in [-0.2, 0) is 14.3 Å². The minimum atomic E-state index is -0.824. The molecule has 3 N–H and O–H groups in total. The number of hydrogen-bond acceptors (Lipinski definition) is 5. The molecule has 0 aromatic heterocycles. The van der Waals surface area contributed by atoms with E-state index in [4.69, 9.17) is 9.84 Å². The highest BCUT2D eigenvalue weighted by atomic mass is 16.6. The summed E-state index contributed by atoms with van der Waals surface area (Å²) in [5, 5.41) is 14.8. The van der Waals surface area contributed by atoms with Crippen LogP contribution < -0.4 is 10.6 Å². The van der Waals surface area contributed by atoms with Gasteiger partial charge in [0, 0.05) is 12.1 Å². The van der Waals surface area contributed by atoms with Gasteiger partial charge in [-0.2, -0.15) is 0 Å². The normalized spacial score (nSPS) is 23.4. The second kappa shape index (κ2) is 7.59. The van der Waals surface area contributed by atoms with Crippen molar-refractivity contribution in [2.75, 3.05) is 13.1 Å². The molecule has 0 heterocycles. The lowest BCUT2D eigenvalue weighted by atomic mass is 9.91. The molecular weight excluding hydrogens is 260 g/mol. The average Bonchev–Trinajstić information content (AvgIpc) is 2.33. The third-order valence-electron chi connectivity index (χ3n) is 3.22. The Balaban J connectivity index is 2.16. The molecule has 116 valence electrons. The van der Waals surface area contributed by atoms with Crippen molar-refractivity contribution in [2.24, 2.45) is 0 Å². The third kappa shape index (κ3) is 7.45. The Labute approximate surface area is 120 Å². The summed E-state index contributed by atoms with van der Waals surface area (Å²) in [6.07, 6.45) is 3.75. The fourth-order valence-corrected chi connectivity index (χ4v) is 2.34. The van der Waals surface area contributed by atoms with Crippen LogP contribution in [0.15, 0.2) is 0 Å². The van der Waals surface area contributed by atoms with Gasteiger partial charge in [0.15, 0.2) is 0 Å². The van der Waals surface area contributed by atoms with E-state index in [0.717, 1.165) is 25.7 Å². The number of aliphatic carboxylic acids is 1. The maximum atomic E-state index is 11.6. The van der Waals surface area contributed by atoms with Gasteiger partial charge in [0.05, 0.1) is 13.1 Å². The molecule has 0 aromatic carbocycles. The van der Waals surface area contributed by atoms with Crippen LogP contribution in [0.2, 0.25) is 0 Å². The molecular formula is C14H26N2O4. The van der Waals surface area contributed by atoms with E-state index >= 15 is 0 Å². The van der Waals surface area contributed by atoms with E-state index < -0.39 is 11.6 Å². The number of nitrogens with one attached hydrogen (secondary N) is 2. The van der Waals surface area contributed by atoms with E-state index in [1.807, 2.05) is 20.8 Å². The molecule has 1 fully saturated rings. The number of carboxylic acids is 1.